The first-order chi connectivity index (χ1) is 9.10. The van der Waals surface area contributed by atoms with Crippen LogP contribution in [0.4, 0.5) is 13.2 Å². The van der Waals surface area contributed by atoms with Crippen molar-refractivity contribution in [2.75, 3.05) is 13.1 Å². The van der Waals surface area contributed by atoms with Gasteiger partial charge >= 0.3 is 12.1 Å². The number of carbonyl (C=O) groups is 2. The van der Waals surface area contributed by atoms with Crippen molar-refractivity contribution in [2.45, 2.75) is 6.18 Å². The molecule has 0 aliphatic rings. The van der Waals surface area contributed by atoms with Gasteiger partial charge in [-0.3, -0.25) is 9.59 Å². The largest absolute Gasteiger partial charge is 0.480 e. The number of alkyl halides is 3. The number of halogens is 5. The van der Waals surface area contributed by atoms with Crippen molar-refractivity contribution >= 4 is 35.1 Å². The van der Waals surface area contributed by atoms with Crippen molar-refractivity contribution < 1.29 is 27.9 Å². The van der Waals surface area contributed by atoms with Crippen molar-refractivity contribution in [3.63, 3.8) is 0 Å². The van der Waals surface area contributed by atoms with Crippen LogP contribution in [0, 0.1) is 0 Å². The fourth-order valence-electron chi connectivity index (χ4n) is 1.41. The molecule has 0 heterocycles. The van der Waals surface area contributed by atoms with Gasteiger partial charge in [0.2, 0.25) is 0 Å². The van der Waals surface area contributed by atoms with Gasteiger partial charge in [0, 0.05) is 5.02 Å². The van der Waals surface area contributed by atoms with E-state index in [0.29, 0.717) is 0 Å². The summed E-state index contributed by atoms with van der Waals surface area (Å²) < 4.78 is 37.1. The quantitative estimate of drug-likeness (QED) is 0.923. The standard InChI is InChI=1S/C11H8Cl2F3NO3/c12-6-1-2-7(8(13)3-6)10(20)17(4-9(18)19)5-11(14,15)16/h1-3H,4-5H2,(H,18,19). The third-order valence-corrected chi connectivity index (χ3v) is 2.69. The van der Waals surface area contributed by atoms with Crippen LogP contribution < -0.4 is 0 Å². The highest BCUT2D eigenvalue weighted by Crippen LogP contribution is 2.24. The molecule has 4 nitrogen and oxygen atoms in total. The molecule has 0 bridgehead atoms. The second kappa shape index (κ2) is 6.32. The highest BCUT2D eigenvalue weighted by molar-refractivity contribution is 6.36. The lowest BCUT2D eigenvalue weighted by molar-refractivity contribution is -0.149. The van der Waals surface area contributed by atoms with Gasteiger partial charge in [0.1, 0.15) is 13.1 Å². The van der Waals surface area contributed by atoms with Crippen LogP contribution in [0.3, 0.4) is 0 Å². The molecule has 0 atom stereocenters. The summed E-state index contributed by atoms with van der Waals surface area (Å²) >= 11 is 11.3. The minimum atomic E-state index is -4.72. The number of rotatable bonds is 4. The van der Waals surface area contributed by atoms with Gasteiger partial charge in [0.05, 0.1) is 10.6 Å². The minimum Gasteiger partial charge on any atom is -0.480 e. The smallest absolute Gasteiger partial charge is 0.406 e. The molecule has 1 aromatic carbocycles. The summed E-state index contributed by atoms with van der Waals surface area (Å²) in [4.78, 5) is 22.6. The van der Waals surface area contributed by atoms with Gasteiger partial charge in [0.25, 0.3) is 5.91 Å². The zero-order valence-electron chi connectivity index (χ0n) is 9.75. The first kappa shape index (κ1) is 16.6. The number of amides is 1. The third-order valence-electron chi connectivity index (χ3n) is 2.15. The Morgan fingerprint density at radius 2 is 1.85 bits per heavy atom. The molecule has 1 N–H and O–H groups in total. The van der Waals surface area contributed by atoms with Gasteiger partial charge in [-0.15, -0.1) is 0 Å². The molecule has 0 spiro atoms. The van der Waals surface area contributed by atoms with Crippen LogP contribution in [0.25, 0.3) is 0 Å². The van der Waals surface area contributed by atoms with E-state index in [1.165, 1.54) is 12.1 Å². The maximum Gasteiger partial charge on any atom is 0.406 e. The molecule has 0 aliphatic carbocycles. The minimum absolute atomic E-state index is 0.150. The Bertz CT molecular complexity index is 534. The predicted molar refractivity (Wildman–Crippen MR) is 66.1 cm³/mol. The van der Waals surface area contributed by atoms with Gasteiger partial charge in [-0.25, -0.2) is 0 Å². The highest BCUT2D eigenvalue weighted by atomic mass is 35.5. The molecule has 0 saturated carbocycles. The van der Waals surface area contributed by atoms with Crippen molar-refractivity contribution in [2.24, 2.45) is 0 Å². The van der Waals surface area contributed by atoms with Crippen LogP contribution in [-0.2, 0) is 4.79 Å². The van der Waals surface area contributed by atoms with Gasteiger partial charge in [-0.2, -0.15) is 13.2 Å². The first-order valence-electron chi connectivity index (χ1n) is 5.13. The van der Waals surface area contributed by atoms with Crippen LogP contribution in [0.5, 0.6) is 0 Å². The second-order valence-corrected chi connectivity index (χ2v) is 4.64. The van der Waals surface area contributed by atoms with Gasteiger partial charge < -0.3 is 10.0 Å². The molecule has 1 rings (SSSR count). The molecular formula is C11H8Cl2F3NO3. The van der Waals surface area contributed by atoms with Gasteiger partial charge in [-0.05, 0) is 18.2 Å². The van der Waals surface area contributed by atoms with E-state index in [2.05, 4.69) is 0 Å². The van der Waals surface area contributed by atoms with Crippen LogP contribution in [0.1, 0.15) is 10.4 Å². The Morgan fingerprint density at radius 1 is 1.25 bits per heavy atom. The normalized spacial score (nSPS) is 11.2. The molecule has 0 radical (unpaired) electrons. The van der Waals surface area contributed by atoms with E-state index in [1.807, 2.05) is 0 Å². The predicted octanol–water partition coefficient (Wildman–Crippen LogP) is 3.08. The number of carboxylic acid groups (broad SMARTS) is 1. The summed E-state index contributed by atoms with van der Waals surface area (Å²) in [6.07, 6.45) is -4.72. The Kier molecular flexibility index (Phi) is 5.24. The highest BCUT2D eigenvalue weighted by Gasteiger charge is 2.34. The van der Waals surface area contributed by atoms with Gasteiger partial charge in [0.15, 0.2) is 0 Å². The van der Waals surface area contributed by atoms with Crippen molar-refractivity contribution in [3.05, 3.63) is 33.8 Å². The topological polar surface area (TPSA) is 57.6 Å². The summed E-state index contributed by atoms with van der Waals surface area (Å²) in [6, 6.07) is 3.59. The van der Waals surface area contributed by atoms with E-state index in [4.69, 9.17) is 28.3 Å². The number of aliphatic carboxylic acids is 1. The molecule has 20 heavy (non-hydrogen) atoms. The number of nitrogens with zero attached hydrogens (tertiary/aromatic N) is 1. The summed E-state index contributed by atoms with van der Waals surface area (Å²) in [5.74, 6) is -2.70. The lowest BCUT2D eigenvalue weighted by Gasteiger charge is -2.22. The Balaban J connectivity index is 3.06. The summed E-state index contributed by atoms with van der Waals surface area (Å²) in [5, 5.41) is 8.62. The SMILES string of the molecule is O=C(O)CN(CC(F)(F)F)C(=O)c1ccc(Cl)cc1Cl. The molecule has 1 amide bonds. The summed E-state index contributed by atoms with van der Waals surface area (Å²) in [7, 11) is 0. The van der Waals surface area contributed by atoms with Crippen LogP contribution in [-0.4, -0.2) is 41.1 Å². The van der Waals surface area contributed by atoms with Gasteiger partial charge in [-0.1, -0.05) is 23.2 Å². The number of carboxylic acids is 1. The second-order valence-electron chi connectivity index (χ2n) is 3.79. The van der Waals surface area contributed by atoms with Crippen LogP contribution >= 0.6 is 23.2 Å². The van der Waals surface area contributed by atoms with E-state index in [-0.39, 0.29) is 20.5 Å². The summed E-state index contributed by atoms with van der Waals surface area (Å²) in [5.41, 5.74) is -0.249. The number of benzene rings is 1. The maximum absolute atomic E-state index is 12.4. The molecule has 0 fully saturated rings. The summed E-state index contributed by atoms with van der Waals surface area (Å²) in [6.45, 7) is -2.77. The van der Waals surface area contributed by atoms with E-state index in [1.54, 1.807) is 0 Å². The van der Waals surface area contributed by atoms with Crippen LogP contribution in [0.2, 0.25) is 10.0 Å². The fourth-order valence-corrected chi connectivity index (χ4v) is 1.90. The average molecular weight is 330 g/mol. The molecular weight excluding hydrogens is 322 g/mol. The van der Waals surface area contributed by atoms with Crippen molar-refractivity contribution in [3.8, 4) is 0 Å². The maximum atomic E-state index is 12.4. The zero-order chi connectivity index (χ0) is 15.5. The molecule has 0 saturated heterocycles. The third kappa shape index (κ3) is 4.90. The molecule has 0 aliphatic heterocycles. The lowest BCUT2D eigenvalue weighted by atomic mass is 10.2. The van der Waals surface area contributed by atoms with Crippen LogP contribution in [0.15, 0.2) is 18.2 Å². The van der Waals surface area contributed by atoms with E-state index < -0.39 is 31.1 Å². The van der Waals surface area contributed by atoms with E-state index in [9.17, 15) is 22.8 Å². The number of carbonyl (C=O) groups excluding carboxylic acids is 1. The Hall–Kier alpha value is -1.47. The zero-order valence-corrected chi connectivity index (χ0v) is 11.3. The Morgan fingerprint density at radius 3 is 2.30 bits per heavy atom. The molecule has 0 unspecified atom stereocenters. The number of hydrogen-bond donors (Lipinski definition) is 1. The number of hydrogen-bond acceptors (Lipinski definition) is 2. The molecule has 9 heteroatoms. The first-order valence-corrected chi connectivity index (χ1v) is 5.88. The lowest BCUT2D eigenvalue weighted by Crippen LogP contribution is -2.42. The van der Waals surface area contributed by atoms with Crippen molar-refractivity contribution in [1.82, 2.24) is 4.90 Å². The van der Waals surface area contributed by atoms with E-state index >= 15 is 0 Å². The van der Waals surface area contributed by atoms with Crippen molar-refractivity contribution in [1.29, 1.82) is 0 Å². The van der Waals surface area contributed by atoms with E-state index in [0.717, 1.165) is 6.07 Å². The molecule has 1 aromatic rings. The molecule has 110 valence electrons. The molecule has 0 aromatic heterocycles. The monoisotopic (exact) mass is 329 g/mol. The Labute approximate surface area is 121 Å². The average Bonchev–Trinajstić information content (AvgIpc) is 2.24. The fraction of sp³-hybridized carbons (Fsp3) is 0.273.